The van der Waals surface area contributed by atoms with E-state index in [9.17, 15) is 14.4 Å². The predicted octanol–water partition coefficient (Wildman–Crippen LogP) is 2.11. The average Bonchev–Trinajstić information content (AvgIpc) is 2.30. The van der Waals surface area contributed by atoms with Crippen LogP contribution in [0.5, 0.6) is 0 Å². The minimum atomic E-state index is -2.73. The van der Waals surface area contributed by atoms with Crippen molar-refractivity contribution in [2.45, 2.75) is 13.8 Å². The van der Waals surface area contributed by atoms with Crippen LogP contribution in [0.2, 0.25) is 0 Å². The first-order valence-electron chi connectivity index (χ1n) is 4.93. The molecule has 0 N–H and O–H groups in total. The third kappa shape index (κ3) is 6.69. The van der Waals surface area contributed by atoms with E-state index < -0.39 is 16.0 Å². The summed E-state index contributed by atoms with van der Waals surface area (Å²) in [6.07, 6.45) is 12.5. The first kappa shape index (κ1) is 15.6. The Kier molecular flexibility index (Phi) is 8.98. The van der Waals surface area contributed by atoms with E-state index in [4.69, 9.17) is 0 Å². The van der Waals surface area contributed by atoms with Gasteiger partial charge in [0.25, 0.3) is 0 Å². The molecule has 0 aliphatic rings. The van der Waals surface area contributed by atoms with E-state index in [-0.39, 0.29) is 8.76 Å². The van der Waals surface area contributed by atoms with Crippen LogP contribution in [0.3, 0.4) is 0 Å². The molecule has 4 heteroatoms. The van der Waals surface area contributed by atoms with Crippen LogP contribution in [0.15, 0.2) is 48.6 Å². The summed E-state index contributed by atoms with van der Waals surface area (Å²) >= 11 is -2.73. The summed E-state index contributed by atoms with van der Waals surface area (Å²) < 4.78 is -0.726. The van der Waals surface area contributed by atoms with Gasteiger partial charge < -0.3 is 0 Å². The molecule has 0 aliphatic carbocycles. The van der Waals surface area contributed by atoms with Crippen LogP contribution < -0.4 is 0 Å². The van der Waals surface area contributed by atoms with E-state index in [2.05, 4.69) is 0 Å². The molecule has 0 saturated carbocycles. The Labute approximate surface area is 106 Å². The maximum atomic E-state index is 11.6. The van der Waals surface area contributed by atoms with Gasteiger partial charge in [0.05, 0.1) is 0 Å². The van der Waals surface area contributed by atoms with Crippen molar-refractivity contribution in [3.05, 3.63) is 48.6 Å². The summed E-state index contributed by atoms with van der Waals surface area (Å²) in [5.41, 5.74) is 0. The van der Waals surface area contributed by atoms with Gasteiger partial charge in [-0.2, -0.15) is 0 Å². The van der Waals surface area contributed by atoms with E-state index in [1.807, 2.05) is 13.8 Å². The predicted molar refractivity (Wildman–Crippen MR) is 64.7 cm³/mol. The van der Waals surface area contributed by atoms with E-state index in [0.717, 1.165) is 0 Å². The molecular formula is C13H15O3Ru. The van der Waals surface area contributed by atoms with Gasteiger partial charge in [-0.1, -0.05) is 0 Å². The van der Waals surface area contributed by atoms with Crippen molar-refractivity contribution in [3.63, 3.8) is 0 Å². The zero-order chi connectivity index (χ0) is 13.1. The Hall–Kier alpha value is -1.41. The van der Waals surface area contributed by atoms with E-state index >= 15 is 0 Å². The molecule has 17 heavy (non-hydrogen) atoms. The Balaban J connectivity index is 4.66. The number of hydrogen-bond acceptors (Lipinski definition) is 3. The number of carbonyl (C=O) groups excluding carboxylic acids is 3. The Morgan fingerprint density at radius 3 is 1.53 bits per heavy atom. The monoisotopic (exact) mass is 321 g/mol. The van der Waals surface area contributed by atoms with Gasteiger partial charge in [-0.15, -0.1) is 0 Å². The number of allylic oxidation sites excluding steroid dienone is 8. The van der Waals surface area contributed by atoms with Crippen molar-refractivity contribution < 1.29 is 30.3 Å². The second-order valence-corrected chi connectivity index (χ2v) is 6.29. The molecule has 0 aromatic rings. The summed E-state index contributed by atoms with van der Waals surface area (Å²) in [4.78, 5) is 34.4. The zero-order valence-corrected chi connectivity index (χ0v) is 11.5. The second-order valence-electron chi connectivity index (χ2n) is 2.73. The van der Waals surface area contributed by atoms with E-state index in [1.54, 1.807) is 24.3 Å². The van der Waals surface area contributed by atoms with Gasteiger partial charge >= 0.3 is 106 Å². The van der Waals surface area contributed by atoms with Gasteiger partial charge in [-0.05, 0) is 0 Å². The third-order valence-corrected chi connectivity index (χ3v) is 4.35. The summed E-state index contributed by atoms with van der Waals surface area (Å²) in [5.74, 6) is 0. The Morgan fingerprint density at radius 1 is 0.824 bits per heavy atom. The normalized spacial score (nSPS) is 12.9. The van der Waals surface area contributed by atoms with Crippen molar-refractivity contribution >= 4 is 13.6 Å². The fourth-order valence-corrected chi connectivity index (χ4v) is 2.56. The molecular weight excluding hydrogens is 305 g/mol. The van der Waals surface area contributed by atoms with E-state index in [0.29, 0.717) is 4.88 Å². The molecule has 3 nitrogen and oxygen atoms in total. The molecule has 0 rings (SSSR count). The molecule has 0 heterocycles. The summed E-state index contributed by atoms with van der Waals surface area (Å²) in [6.45, 7) is 3.63. The van der Waals surface area contributed by atoms with Crippen LogP contribution in [-0.2, 0) is 30.3 Å². The van der Waals surface area contributed by atoms with Gasteiger partial charge in [0, 0.05) is 0 Å². The van der Waals surface area contributed by atoms with E-state index in [1.165, 1.54) is 24.3 Å². The van der Waals surface area contributed by atoms with Crippen LogP contribution >= 0.6 is 0 Å². The molecule has 0 fully saturated rings. The third-order valence-electron chi connectivity index (χ3n) is 1.51. The molecule has 0 spiro atoms. The molecule has 0 aromatic carbocycles. The topological polar surface area (TPSA) is 51.2 Å². The van der Waals surface area contributed by atoms with Crippen LogP contribution in [0.4, 0.5) is 0 Å². The van der Waals surface area contributed by atoms with Gasteiger partial charge in [0.1, 0.15) is 0 Å². The molecule has 0 amide bonds. The van der Waals surface area contributed by atoms with Crippen molar-refractivity contribution in [1.29, 1.82) is 0 Å². The van der Waals surface area contributed by atoms with Crippen molar-refractivity contribution in [3.8, 4) is 0 Å². The fraction of sp³-hybridized carbons (Fsp3) is 0.154. The van der Waals surface area contributed by atoms with Crippen LogP contribution in [-0.4, -0.2) is 13.6 Å². The maximum absolute atomic E-state index is 11.6. The molecule has 0 radical (unpaired) electrons. The van der Waals surface area contributed by atoms with Gasteiger partial charge in [-0.25, -0.2) is 0 Å². The molecule has 0 atom stereocenters. The summed E-state index contributed by atoms with van der Waals surface area (Å²) in [7, 11) is 0. The SMILES string of the molecule is CC=CC=C[C](=O)[Ru]([CH]=O)[C](=O)C=CC=CC. The molecule has 0 aromatic heterocycles. The van der Waals surface area contributed by atoms with Crippen LogP contribution in [0.1, 0.15) is 13.8 Å². The van der Waals surface area contributed by atoms with Crippen LogP contribution in [0.25, 0.3) is 0 Å². The molecule has 0 aliphatic heterocycles. The molecule has 0 bridgehead atoms. The zero-order valence-electron chi connectivity index (χ0n) is 9.77. The van der Waals surface area contributed by atoms with Gasteiger partial charge in [0.15, 0.2) is 0 Å². The fourth-order valence-electron chi connectivity index (χ4n) is 0.775. The summed E-state index contributed by atoms with van der Waals surface area (Å²) in [6, 6.07) is 0. The molecule has 93 valence electrons. The second kappa shape index (κ2) is 9.79. The number of rotatable bonds is 7. The molecule has 0 unspecified atom stereocenters. The van der Waals surface area contributed by atoms with Gasteiger partial charge in [0.2, 0.25) is 0 Å². The minimum absolute atomic E-state index is 0.363. The Bertz CT molecular complexity index is 355. The summed E-state index contributed by atoms with van der Waals surface area (Å²) in [5, 5.41) is 0. The van der Waals surface area contributed by atoms with Crippen molar-refractivity contribution in [2.75, 3.05) is 0 Å². The van der Waals surface area contributed by atoms with Crippen LogP contribution in [0, 0.1) is 0 Å². The first-order chi connectivity index (χ1) is 8.17. The standard InChI is InChI=1S/2C6H7O.CHO.Ru/c2*1-2-3-4-5-6-7;1-2;/h2*2-5H,1H3;1H;. The van der Waals surface area contributed by atoms with Gasteiger partial charge in [-0.3, -0.25) is 0 Å². The first-order valence-corrected chi connectivity index (χ1v) is 7.68. The number of carbonyl (C=O) groups is 3. The van der Waals surface area contributed by atoms with Crippen molar-refractivity contribution in [1.82, 2.24) is 0 Å². The Morgan fingerprint density at radius 2 is 1.24 bits per heavy atom. The van der Waals surface area contributed by atoms with Crippen molar-refractivity contribution in [2.24, 2.45) is 0 Å². The molecule has 0 saturated heterocycles. The average molecular weight is 320 g/mol. The quantitative estimate of drug-likeness (QED) is 0.312. The number of hydrogen-bond donors (Lipinski definition) is 0.